The van der Waals surface area contributed by atoms with Gasteiger partial charge in [0.05, 0.1) is 25.3 Å². The van der Waals surface area contributed by atoms with Gasteiger partial charge in [-0.1, -0.05) is 18.3 Å². The van der Waals surface area contributed by atoms with Crippen LogP contribution in [0, 0.1) is 0 Å². The molecule has 41 heavy (non-hydrogen) atoms. The summed E-state index contributed by atoms with van der Waals surface area (Å²) < 4.78 is 52.6. The van der Waals surface area contributed by atoms with Crippen LogP contribution in [0.25, 0.3) is 5.57 Å². The van der Waals surface area contributed by atoms with Crippen molar-refractivity contribution >= 4 is 36.2 Å². The van der Waals surface area contributed by atoms with Gasteiger partial charge in [-0.05, 0) is 58.8 Å². The summed E-state index contributed by atoms with van der Waals surface area (Å²) >= 11 is 0. The molecule has 0 saturated carbocycles. The molecule has 1 aliphatic carbocycles. The van der Waals surface area contributed by atoms with Crippen LogP contribution in [0.5, 0.6) is 11.5 Å². The van der Waals surface area contributed by atoms with Crippen LogP contribution in [0.15, 0.2) is 71.6 Å². The summed E-state index contributed by atoms with van der Waals surface area (Å²) in [6.45, 7) is 8.09. The van der Waals surface area contributed by atoms with Crippen LogP contribution >= 0.6 is 0 Å². The highest BCUT2D eigenvalue weighted by atomic mass is 28.3. The zero-order chi connectivity index (χ0) is 30.3. The second kappa shape index (κ2) is 11.1. The van der Waals surface area contributed by atoms with Crippen LogP contribution in [-0.4, -0.2) is 77.0 Å². The van der Waals surface area contributed by atoms with E-state index in [2.05, 4.69) is 31.0 Å². The Morgan fingerprint density at radius 3 is 2.29 bits per heavy atom. The molecule has 0 amide bonds. The van der Waals surface area contributed by atoms with Crippen molar-refractivity contribution in [2.75, 3.05) is 46.3 Å². The number of carboxylic acid groups (broad SMARTS) is 1. The van der Waals surface area contributed by atoms with Crippen LogP contribution < -0.4 is 19.6 Å². The van der Waals surface area contributed by atoms with E-state index in [1.165, 1.54) is 38.0 Å². The summed E-state index contributed by atoms with van der Waals surface area (Å²) in [7, 11) is 3.65. The smallest absolute Gasteiger partial charge is 0.448 e. The van der Waals surface area contributed by atoms with Crippen molar-refractivity contribution < 1.29 is 37.1 Å². The van der Waals surface area contributed by atoms with Gasteiger partial charge >= 0.3 is 12.1 Å². The number of methoxy groups -OCH3 is 2. The number of carboxylic acids is 1. The Morgan fingerprint density at radius 2 is 1.78 bits per heavy atom. The fourth-order valence-corrected chi connectivity index (χ4v) is 8.60. The number of nitrogens with zero attached hydrogens (tertiary/aromatic N) is 2. The van der Waals surface area contributed by atoms with Crippen LogP contribution in [0.4, 0.5) is 18.9 Å². The number of anilines is 1. The Morgan fingerprint density at radius 1 is 1.15 bits per heavy atom. The van der Waals surface area contributed by atoms with Crippen molar-refractivity contribution in [1.82, 2.24) is 0 Å². The number of hydrogen-bond acceptors (Lipinski definition) is 4. The molecule has 1 unspecified atom stereocenters. The first-order chi connectivity index (χ1) is 19.3. The monoisotopic (exact) mass is 583 g/mol. The standard InChI is InChI=1S/C31H33F3N2O4Si/c1-8-35(3)20-10-12-22-26(16-20)41(7,9-2)27-17-21(36(4)18-31(32,33)34)11-13-23(27)28(22)29-24(39-5)14-19(30(37)38)15-25(29)40-6/h9-17H,2,8,18H2,1,3-7H3/p+1. The van der Waals surface area contributed by atoms with E-state index in [1.807, 2.05) is 37.0 Å². The molecule has 0 radical (unpaired) electrons. The topological polar surface area (TPSA) is 62.0 Å². The van der Waals surface area contributed by atoms with Gasteiger partial charge in [0.15, 0.2) is 5.71 Å². The lowest BCUT2D eigenvalue weighted by molar-refractivity contribution is -0.530. The molecule has 1 N–H and O–H groups in total. The Balaban J connectivity index is 2.15. The highest BCUT2D eigenvalue weighted by molar-refractivity contribution is 7.02. The van der Waals surface area contributed by atoms with Crippen LogP contribution in [-0.2, 0) is 0 Å². The van der Waals surface area contributed by atoms with Gasteiger partial charge in [0.2, 0.25) is 6.54 Å². The van der Waals surface area contributed by atoms with Crippen molar-refractivity contribution in [1.29, 1.82) is 0 Å². The molecule has 216 valence electrons. The van der Waals surface area contributed by atoms with E-state index in [-0.39, 0.29) is 5.56 Å². The third-order valence-corrected chi connectivity index (χ3v) is 11.7. The zero-order valence-corrected chi connectivity index (χ0v) is 25.0. The molecule has 10 heteroatoms. The maximum absolute atomic E-state index is 13.3. The van der Waals surface area contributed by atoms with Crippen molar-refractivity contribution in [2.45, 2.75) is 19.6 Å². The number of benzene rings is 2. The van der Waals surface area contributed by atoms with Crippen molar-refractivity contribution in [3.8, 4) is 11.5 Å². The number of aromatic carboxylic acids is 1. The molecule has 0 saturated heterocycles. The first kappa shape index (κ1) is 29.9. The lowest BCUT2D eigenvalue weighted by Crippen LogP contribution is -2.51. The van der Waals surface area contributed by atoms with E-state index in [4.69, 9.17) is 9.47 Å². The summed E-state index contributed by atoms with van der Waals surface area (Å²) in [5.41, 5.74) is 6.44. The van der Waals surface area contributed by atoms with Crippen LogP contribution in [0.3, 0.4) is 0 Å². The van der Waals surface area contributed by atoms with E-state index >= 15 is 0 Å². The molecule has 1 heterocycles. The molecular weight excluding hydrogens is 549 g/mol. The minimum absolute atomic E-state index is 0.00801. The van der Waals surface area contributed by atoms with Gasteiger partial charge in [-0.25, -0.2) is 9.37 Å². The van der Waals surface area contributed by atoms with Crippen molar-refractivity contribution in [3.05, 3.63) is 88.3 Å². The second-order valence-corrected chi connectivity index (χ2v) is 14.2. The average molecular weight is 584 g/mol. The predicted molar refractivity (Wildman–Crippen MR) is 159 cm³/mol. The summed E-state index contributed by atoms with van der Waals surface area (Å²) in [6, 6.07) is 9.11. The molecule has 0 fully saturated rings. The number of ether oxygens (including phenoxy) is 2. The van der Waals surface area contributed by atoms with E-state index in [0.717, 1.165) is 39.3 Å². The average Bonchev–Trinajstić information content (AvgIpc) is 2.95. The number of fused-ring (bicyclic) bond motifs is 2. The van der Waals surface area contributed by atoms with Gasteiger partial charge in [0, 0.05) is 37.0 Å². The third kappa shape index (κ3) is 5.36. The maximum Gasteiger partial charge on any atom is 0.448 e. The molecule has 2 aliphatic rings. The van der Waals surface area contributed by atoms with Crippen molar-refractivity contribution in [2.24, 2.45) is 0 Å². The third-order valence-electron chi connectivity index (χ3n) is 7.85. The predicted octanol–water partition coefficient (Wildman–Crippen LogP) is 5.37. The SMILES string of the molecule is C=C[Si]1(C)C2=CC(=[N+](C)CC(F)(F)F)C=CC2=C(c2c(OC)cc(C(=O)O)cc2OC)c2ccc(N(C)CC)cc21. The van der Waals surface area contributed by atoms with Gasteiger partial charge < -0.3 is 19.5 Å². The van der Waals surface area contributed by atoms with E-state index in [1.54, 1.807) is 6.08 Å². The highest BCUT2D eigenvalue weighted by Gasteiger charge is 2.43. The number of allylic oxidation sites excluding steroid dienone is 5. The van der Waals surface area contributed by atoms with Gasteiger partial charge in [-0.3, -0.25) is 0 Å². The number of halogens is 3. The van der Waals surface area contributed by atoms with Crippen LogP contribution in [0.2, 0.25) is 6.55 Å². The van der Waals surface area contributed by atoms with Gasteiger partial charge in [0.25, 0.3) is 0 Å². The summed E-state index contributed by atoms with van der Waals surface area (Å²) in [4.78, 5) is 14.0. The van der Waals surface area contributed by atoms with Crippen molar-refractivity contribution in [3.63, 3.8) is 0 Å². The highest BCUT2D eigenvalue weighted by Crippen LogP contribution is 2.47. The van der Waals surface area contributed by atoms with Crippen LogP contribution in [0.1, 0.15) is 28.4 Å². The molecule has 2 aromatic carbocycles. The molecule has 4 rings (SSSR count). The summed E-state index contributed by atoms with van der Waals surface area (Å²) in [6.07, 6.45) is 0.983. The Bertz CT molecular complexity index is 1530. The minimum Gasteiger partial charge on any atom is -0.496 e. The van der Waals surface area contributed by atoms with E-state index in [9.17, 15) is 23.1 Å². The van der Waals surface area contributed by atoms with Gasteiger partial charge in [-0.15, -0.1) is 6.58 Å². The summed E-state index contributed by atoms with van der Waals surface area (Å²) in [5, 5.41) is 11.6. The number of alkyl halides is 3. The molecule has 6 nitrogen and oxygen atoms in total. The number of hydrogen-bond donors (Lipinski definition) is 1. The molecule has 0 spiro atoms. The Labute approximate surface area is 239 Å². The molecule has 0 bridgehead atoms. The fourth-order valence-electron chi connectivity index (χ4n) is 5.44. The number of carbonyl (C=O) groups is 1. The summed E-state index contributed by atoms with van der Waals surface area (Å²) in [5.74, 6) is -0.505. The van der Waals surface area contributed by atoms with E-state index < -0.39 is 26.8 Å². The maximum atomic E-state index is 13.3. The lowest BCUT2D eigenvalue weighted by Gasteiger charge is -2.39. The lowest BCUT2D eigenvalue weighted by atomic mass is 9.88. The fraction of sp³-hybridized carbons (Fsp3) is 0.290. The van der Waals surface area contributed by atoms with Gasteiger partial charge in [0.1, 0.15) is 26.6 Å². The molecule has 0 aromatic heterocycles. The largest absolute Gasteiger partial charge is 0.496 e. The van der Waals surface area contributed by atoms with Gasteiger partial charge in [-0.2, -0.15) is 13.2 Å². The number of rotatable bonds is 8. The first-order valence-corrected chi connectivity index (χ1v) is 15.7. The molecule has 1 atom stereocenters. The first-order valence-electron chi connectivity index (χ1n) is 13.1. The molecule has 1 aliphatic heterocycles. The second-order valence-electron chi connectivity index (χ2n) is 10.3. The molecular formula is C31H34F3N2O4Si+. The minimum atomic E-state index is -4.36. The normalized spacial score (nSPS) is 19.2. The van der Waals surface area contributed by atoms with E-state index in [0.29, 0.717) is 22.8 Å². The zero-order valence-electron chi connectivity index (χ0n) is 24.0. The Hall–Kier alpha value is -4.05. The quantitative estimate of drug-likeness (QED) is 0.335. The molecule has 2 aromatic rings. The Kier molecular flexibility index (Phi) is 8.09.